The lowest BCUT2D eigenvalue weighted by Crippen LogP contribution is -2.41. The fraction of sp³-hybridized carbons (Fsp3) is 0.952. The van der Waals surface area contributed by atoms with Crippen LogP contribution in [0.1, 0.15) is 92.4 Å². The summed E-state index contributed by atoms with van der Waals surface area (Å²) in [7, 11) is 0. The molecular formula is C21H38O2. The van der Waals surface area contributed by atoms with Crippen LogP contribution in [0.3, 0.4) is 0 Å². The monoisotopic (exact) mass is 322 g/mol. The van der Waals surface area contributed by atoms with Gasteiger partial charge < -0.3 is 4.74 Å². The fourth-order valence-corrected chi connectivity index (χ4v) is 4.87. The van der Waals surface area contributed by atoms with E-state index in [1.807, 2.05) is 0 Å². The second kappa shape index (κ2) is 8.03. The van der Waals surface area contributed by atoms with Crippen molar-refractivity contribution in [3.05, 3.63) is 0 Å². The number of ether oxygens (including phenoxy) is 1. The van der Waals surface area contributed by atoms with Crippen LogP contribution in [0.4, 0.5) is 0 Å². The predicted molar refractivity (Wildman–Crippen MR) is 96.2 cm³/mol. The third-order valence-electron chi connectivity index (χ3n) is 6.59. The Morgan fingerprint density at radius 2 is 1.57 bits per heavy atom. The van der Waals surface area contributed by atoms with Crippen LogP contribution < -0.4 is 0 Å². The molecule has 4 unspecified atom stereocenters. The number of hydrogen-bond acceptors (Lipinski definition) is 2. The second-order valence-electron chi connectivity index (χ2n) is 9.11. The summed E-state index contributed by atoms with van der Waals surface area (Å²) in [6.07, 6.45) is 11.4. The molecule has 0 radical (unpaired) electrons. The van der Waals surface area contributed by atoms with Gasteiger partial charge in [0.25, 0.3) is 0 Å². The summed E-state index contributed by atoms with van der Waals surface area (Å²) < 4.78 is 6.23. The lowest BCUT2D eigenvalue weighted by atomic mass is 9.72. The maximum absolute atomic E-state index is 13.1. The van der Waals surface area contributed by atoms with Gasteiger partial charge >= 0.3 is 5.97 Å². The summed E-state index contributed by atoms with van der Waals surface area (Å²) in [5.74, 6) is 2.35. The Labute approximate surface area is 143 Å². The minimum Gasteiger partial charge on any atom is -0.462 e. The van der Waals surface area contributed by atoms with E-state index >= 15 is 0 Å². The van der Waals surface area contributed by atoms with Crippen molar-refractivity contribution in [1.82, 2.24) is 0 Å². The zero-order valence-corrected chi connectivity index (χ0v) is 16.1. The normalized spacial score (nSPS) is 31.3. The van der Waals surface area contributed by atoms with Gasteiger partial charge in [-0.2, -0.15) is 0 Å². The number of carbonyl (C=O) groups excluding carboxylic acids is 1. The quantitative estimate of drug-likeness (QED) is 0.581. The molecule has 2 saturated carbocycles. The van der Waals surface area contributed by atoms with Crippen molar-refractivity contribution < 1.29 is 9.53 Å². The molecule has 134 valence electrons. The highest BCUT2D eigenvalue weighted by Crippen LogP contribution is 2.42. The van der Waals surface area contributed by atoms with Gasteiger partial charge in [0.1, 0.15) is 6.10 Å². The van der Waals surface area contributed by atoms with Gasteiger partial charge in [-0.15, -0.1) is 0 Å². The first-order chi connectivity index (χ1) is 10.8. The van der Waals surface area contributed by atoms with Crippen molar-refractivity contribution >= 4 is 5.97 Å². The highest BCUT2D eigenvalue weighted by molar-refractivity contribution is 5.77. The Hall–Kier alpha value is -0.530. The van der Waals surface area contributed by atoms with Crippen LogP contribution >= 0.6 is 0 Å². The molecule has 2 nitrogen and oxygen atoms in total. The molecule has 2 aliphatic rings. The van der Waals surface area contributed by atoms with Gasteiger partial charge in [-0.25, -0.2) is 0 Å². The van der Waals surface area contributed by atoms with E-state index in [4.69, 9.17) is 4.74 Å². The third-order valence-corrected chi connectivity index (χ3v) is 6.59. The maximum atomic E-state index is 13.1. The van der Waals surface area contributed by atoms with Crippen LogP contribution in [0.5, 0.6) is 0 Å². The standard InChI is InChI=1S/C21H38O2/c1-15(2)14-21(5,16(3)4)20(22)23-19-13-9-7-11-17-10-6-8-12-18(17)19/h15-19H,6-14H2,1-5H3. The van der Waals surface area contributed by atoms with Crippen molar-refractivity contribution in [2.75, 3.05) is 0 Å². The van der Waals surface area contributed by atoms with Gasteiger partial charge in [0.15, 0.2) is 0 Å². The highest BCUT2D eigenvalue weighted by atomic mass is 16.5. The minimum atomic E-state index is -0.343. The fourth-order valence-electron chi connectivity index (χ4n) is 4.87. The molecule has 0 N–H and O–H groups in total. The first-order valence-electron chi connectivity index (χ1n) is 10.1. The predicted octanol–water partition coefficient (Wildman–Crippen LogP) is 5.99. The van der Waals surface area contributed by atoms with Gasteiger partial charge in [-0.1, -0.05) is 59.8 Å². The molecule has 2 aliphatic carbocycles. The van der Waals surface area contributed by atoms with E-state index in [9.17, 15) is 4.79 Å². The van der Waals surface area contributed by atoms with Crippen LogP contribution in [-0.2, 0) is 9.53 Å². The lowest BCUT2D eigenvalue weighted by molar-refractivity contribution is -0.169. The molecular weight excluding hydrogens is 284 g/mol. The molecule has 0 saturated heterocycles. The van der Waals surface area contributed by atoms with Gasteiger partial charge in [-0.05, 0) is 56.3 Å². The summed E-state index contributed by atoms with van der Waals surface area (Å²) in [5.41, 5.74) is -0.343. The molecule has 4 atom stereocenters. The molecule has 0 heterocycles. The Kier molecular flexibility index (Phi) is 6.57. The van der Waals surface area contributed by atoms with E-state index in [0.717, 1.165) is 18.8 Å². The summed E-state index contributed by atoms with van der Waals surface area (Å²) >= 11 is 0. The Bertz CT molecular complexity index is 387. The Morgan fingerprint density at radius 1 is 1.00 bits per heavy atom. The number of rotatable bonds is 5. The van der Waals surface area contributed by atoms with E-state index in [2.05, 4.69) is 34.6 Å². The second-order valence-corrected chi connectivity index (χ2v) is 9.11. The highest BCUT2D eigenvalue weighted by Gasteiger charge is 2.42. The van der Waals surface area contributed by atoms with Gasteiger partial charge in [0.05, 0.1) is 5.41 Å². The molecule has 2 heteroatoms. The number of hydrogen-bond donors (Lipinski definition) is 0. The van der Waals surface area contributed by atoms with Crippen LogP contribution in [-0.4, -0.2) is 12.1 Å². The van der Waals surface area contributed by atoms with E-state index in [-0.39, 0.29) is 17.5 Å². The zero-order valence-electron chi connectivity index (χ0n) is 16.1. The molecule has 0 aromatic heterocycles. The van der Waals surface area contributed by atoms with Crippen molar-refractivity contribution in [2.45, 2.75) is 98.5 Å². The van der Waals surface area contributed by atoms with Gasteiger partial charge in [-0.3, -0.25) is 4.79 Å². The SMILES string of the molecule is CC(C)CC(C)(C(=O)OC1CCCCC2CCCCC21)C(C)C. The van der Waals surface area contributed by atoms with Crippen molar-refractivity contribution in [1.29, 1.82) is 0 Å². The molecule has 2 rings (SSSR count). The molecule has 23 heavy (non-hydrogen) atoms. The summed E-state index contributed by atoms with van der Waals surface area (Å²) in [4.78, 5) is 13.1. The third kappa shape index (κ3) is 4.51. The van der Waals surface area contributed by atoms with Crippen LogP contribution in [0.2, 0.25) is 0 Å². The topological polar surface area (TPSA) is 26.3 Å². The average Bonchev–Trinajstić information content (AvgIpc) is 2.69. The number of esters is 1. The van der Waals surface area contributed by atoms with E-state index in [0.29, 0.717) is 17.8 Å². The smallest absolute Gasteiger partial charge is 0.312 e. The van der Waals surface area contributed by atoms with Crippen LogP contribution in [0, 0.1) is 29.1 Å². The number of fused-ring (bicyclic) bond motifs is 1. The molecule has 0 amide bonds. The molecule has 0 aromatic rings. The molecule has 0 aromatic carbocycles. The van der Waals surface area contributed by atoms with Crippen molar-refractivity contribution in [3.8, 4) is 0 Å². The van der Waals surface area contributed by atoms with Crippen LogP contribution in [0.15, 0.2) is 0 Å². The van der Waals surface area contributed by atoms with Crippen LogP contribution in [0.25, 0.3) is 0 Å². The van der Waals surface area contributed by atoms with Gasteiger partial charge in [0.2, 0.25) is 0 Å². The molecule has 2 fully saturated rings. The summed E-state index contributed by atoms with van der Waals surface area (Å²) in [5, 5.41) is 0. The van der Waals surface area contributed by atoms with Gasteiger partial charge in [0, 0.05) is 0 Å². The maximum Gasteiger partial charge on any atom is 0.312 e. The van der Waals surface area contributed by atoms with Crippen molar-refractivity contribution in [2.24, 2.45) is 29.1 Å². The first-order valence-corrected chi connectivity index (χ1v) is 10.1. The number of carbonyl (C=O) groups is 1. The van der Waals surface area contributed by atoms with E-state index in [1.165, 1.54) is 44.9 Å². The summed E-state index contributed by atoms with van der Waals surface area (Å²) in [6.45, 7) is 10.9. The van der Waals surface area contributed by atoms with Crippen molar-refractivity contribution in [3.63, 3.8) is 0 Å². The molecule has 0 bridgehead atoms. The first kappa shape index (κ1) is 18.8. The Morgan fingerprint density at radius 3 is 2.13 bits per heavy atom. The minimum absolute atomic E-state index is 0.0671. The van der Waals surface area contributed by atoms with E-state index < -0.39 is 0 Å². The average molecular weight is 323 g/mol. The summed E-state index contributed by atoms with van der Waals surface area (Å²) in [6, 6.07) is 0. The molecule has 0 spiro atoms. The molecule has 0 aliphatic heterocycles. The zero-order chi connectivity index (χ0) is 17.0. The lowest BCUT2D eigenvalue weighted by Gasteiger charge is -2.38. The Balaban J connectivity index is 2.09. The largest absolute Gasteiger partial charge is 0.462 e. The van der Waals surface area contributed by atoms with E-state index in [1.54, 1.807) is 0 Å².